The molecule has 1 aliphatic rings. The molecule has 3 aromatic rings. The van der Waals surface area contributed by atoms with Crippen LogP contribution in [0.25, 0.3) is 6.08 Å². The van der Waals surface area contributed by atoms with Crippen LogP contribution in [0.4, 0.5) is 4.79 Å². The number of imide groups is 2. The van der Waals surface area contributed by atoms with Gasteiger partial charge in [0.05, 0.1) is 12.8 Å². The Morgan fingerprint density at radius 3 is 2.52 bits per heavy atom. The maximum Gasteiger partial charge on any atom is 0.331 e. The topological polar surface area (TPSA) is 88.9 Å². The van der Waals surface area contributed by atoms with Gasteiger partial charge in [-0.3, -0.25) is 19.8 Å². The molecule has 2 heterocycles. The Morgan fingerprint density at radius 2 is 1.77 bits per heavy atom. The fourth-order valence-electron chi connectivity index (χ4n) is 3.02. The number of rotatable bonds is 6. The lowest BCUT2D eigenvalue weighted by Crippen LogP contribution is -2.53. The lowest BCUT2D eigenvalue weighted by Gasteiger charge is -2.25. The summed E-state index contributed by atoms with van der Waals surface area (Å²) in [6.45, 7) is 0.237. The van der Waals surface area contributed by atoms with Gasteiger partial charge in [-0.2, -0.15) is 0 Å². The van der Waals surface area contributed by atoms with Gasteiger partial charge in [0.1, 0.15) is 23.7 Å². The Kier molecular flexibility index (Phi) is 5.99. The first-order valence-electron chi connectivity index (χ1n) is 9.39. The highest BCUT2D eigenvalue weighted by Crippen LogP contribution is 2.25. The zero-order valence-corrected chi connectivity index (χ0v) is 17.8. The third kappa shape index (κ3) is 4.75. The fourth-order valence-corrected chi connectivity index (χ4v) is 3.29. The number of barbiturate groups is 1. The quantitative estimate of drug-likeness (QED) is 0.420. The maximum absolute atomic E-state index is 12.9. The van der Waals surface area contributed by atoms with E-state index in [0.717, 1.165) is 14.9 Å². The van der Waals surface area contributed by atoms with Crippen LogP contribution < -0.4 is 10.1 Å². The highest BCUT2D eigenvalue weighted by atomic mass is 79.9. The van der Waals surface area contributed by atoms with Gasteiger partial charge in [0.2, 0.25) is 0 Å². The van der Waals surface area contributed by atoms with Crippen molar-refractivity contribution in [3.05, 3.63) is 93.9 Å². The van der Waals surface area contributed by atoms with Crippen LogP contribution in [0.3, 0.4) is 0 Å². The number of nitrogens with one attached hydrogen (secondary N) is 1. The standard InChI is InChI=1S/C23H17BrN2O5/c24-17-9-7-15(8-10-17)14-31-20-6-2-1-4-16(20)12-19-21(27)25-23(29)26(22(19)28)13-18-5-3-11-30-18/h1-12H,13-14H2,(H,25,27,29). The van der Waals surface area contributed by atoms with E-state index in [1.165, 1.54) is 12.3 Å². The van der Waals surface area contributed by atoms with Crippen molar-refractivity contribution < 1.29 is 23.5 Å². The number of furan rings is 1. The van der Waals surface area contributed by atoms with Gasteiger partial charge >= 0.3 is 6.03 Å². The number of para-hydroxylation sites is 1. The molecule has 1 N–H and O–H groups in total. The van der Waals surface area contributed by atoms with Gasteiger partial charge in [-0.15, -0.1) is 0 Å². The van der Waals surface area contributed by atoms with Gasteiger partial charge in [-0.05, 0) is 42.0 Å². The number of hydrogen-bond acceptors (Lipinski definition) is 5. The van der Waals surface area contributed by atoms with Crippen LogP contribution in [-0.4, -0.2) is 22.7 Å². The number of benzene rings is 2. The van der Waals surface area contributed by atoms with E-state index in [4.69, 9.17) is 9.15 Å². The molecule has 0 unspecified atom stereocenters. The molecule has 4 amide bonds. The zero-order valence-electron chi connectivity index (χ0n) is 16.2. The Morgan fingerprint density at radius 1 is 1.00 bits per heavy atom. The Labute approximate surface area is 186 Å². The average molecular weight is 481 g/mol. The number of nitrogens with zero attached hydrogens (tertiary/aromatic N) is 1. The van der Waals surface area contributed by atoms with Crippen molar-refractivity contribution in [2.75, 3.05) is 0 Å². The number of halogens is 1. The fraction of sp³-hybridized carbons (Fsp3) is 0.0870. The molecular weight excluding hydrogens is 464 g/mol. The number of amides is 4. The molecule has 0 saturated carbocycles. The van der Waals surface area contributed by atoms with Crippen molar-refractivity contribution in [2.45, 2.75) is 13.2 Å². The lowest BCUT2D eigenvalue weighted by molar-refractivity contribution is -0.130. The molecule has 1 saturated heterocycles. The van der Waals surface area contributed by atoms with Crippen LogP contribution >= 0.6 is 15.9 Å². The third-order valence-electron chi connectivity index (χ3n) is 4.61. The average Bonchev–Trinajstić information content (AvgIpc) is 3.28. The second-order valence-corrected chi connectivity index (χ2v) is 7.66. The SMILES string of the molecule is O=C1NC(=O)N(Cc2ccco2)C(=O)C1=Cc1ccccc1OCc1ccc(Br)cc1. The van der Waals surface area contributed by atoms with Crippen LogP contribution in [0, 0.1) is 0 Å². The van der Waals surface area contributed by atoms with E-state index in [-0.39, 0.29) is 12.1 Å². The summed E-state index contributed by atoms with van der Waals surface area (Å²) < 4.78 is 12.1. The van der Waals surface area contributed by atoms with E-state index >= 15 is 0 Å². The van der Waals surface area contributed by atoms with Gasteiger partial charge in [0.25, 0.3) is 11.8 Å². The Bertz CT molecular complexity index is 1150. The highest BCUT2D eigenvalue weighted by molar-refractivity contribution is 9.10. The summed E-state index contributed by atoms with van der Waals surface area (Å²) in [5.41, 5.74) is 1.35. The van der Waals surface area contributed by atoms with Gasteiger partial charge in [-0.25, -0.2) is 4.79 Å². The van der Waals surface area contributed by atoms with E-state index in [0.29, 0.717) is 23.7 Å². The van der Waals surface area contributed by atoms with Crippen molar-refractivity contribution in [1.29, 1.82) is 0 Å². The van der Waals surface area contributed by atoms with Crippen molar-refractivity contribution in [3.63, 3.8) is 0 Å². The second kappa shape index (κ2) is 9.01. The Balaban J connectivity index is 1.57. The molecule has 0 bridgehead atoms. The number of hydrogen-bond donors (Lipinski definition) is 1. The van der Waals surface area contributed by atoms with E-state index in [1.54, 1.807) is 36.4 Å². The lowest BCUT2D eigenvalue weighted by atomic mass is 10.1. The molecule has 156 valence electrons. The molecule has 7 nitrogen and oxygen atoms in total. The predicted molar refractivity (Wildman–Crippen MR) is 116 cm³/mol. The van der Waals surface area contributed by atoms with E-state index in [1.807, 2.05) is 24.3 Å². The molecular formula is C23H17BrN2O5. The monoisotopic (exact) mass is 480 g/mol. The van der Waals surface area contributed by atoms with Crippen LogP contribution in [0.5, 0.6) is 5.75 Å². The molecule has 0 aliphatic carbocycles. The van der Waals surface area contributed by atoms with Crippen molar-refractivity contribution >= 4 is 39.9 Å². The molecule has 0 spiro atoms. The summed E-state index contributed by atoms with van der Waals surface area (Å²) in [5, 5.41) is 2.20. The minimum atomic E-state index is -0.789. The van der Waals surface area contributed by atoms with Crippen molar-refractivity contribution in [3.8, 4) is 5.75 Å². The van der Waals surface area contributed by atoms with E-state index in [9.17, 15) is 14.4 Å². The normalized spacial score (nSPS) is 15.3. The summed E-state index contributed by atoms with van der Waals surface area (Å²) in [4.78, 5) is 38.4. The summed E-state index contributed by atoms with van der Waals surface area (Å²) >= 11 is 3.39. The molecule has 0 atom stereocenters. The number of ether oxygens (including phenoxy) is 1. The predicted octanol–water partition coefficient (Wildman–Crippen LogP) is 4.28. The second-order valence-electron chi connectivity index (χ2n) is 6.74. The molecule has 31 heavy (non-hydrogen) atoms. The van der Waals surface area contributed by atoms with Crippen LogP contribution in [0.15, 0.2) is 81.4 Å². The number of carbonyl (C=O) groups is 3. The molecule has 0 radical (unpaired) electrons. The first-order chi connectivity index (χ1) is 15.0. The summed E-state index contributed by atoms with van der Waals surface area (Å²) in [6, 6.07) is 17.3. The highest BCUT2D eigenvalue weighted by Gasteiger charge is 2.36. The summed E-state index contributed by atoms with van der Waals surface area (Å²) in [7, 11) is 0. The Hall–Kier alpha value is -3.65. The number of urea groups is 1. The van der Waals surface area contributed by atoms with Crippen LogP contribution in [-0.2, 0) is 22.7 Å². The van der Waals surface area contributed by atoms with Gasteiger partial charge in [-0.1, -0.05) is 46.3 Å². The largest absolute Gasteiger partial charge is 0.488 e. The third-order valence-corrected chi connectivity index (χ3v) is 5.13. The van der Waals surface area contributed by atoms with Crippen LogP contribution in [0.1, 0.15) is 16.9 Å². The van der Waals surface area contributed by atoms with E-state index < -0.39 is 17.8 Å². The first kappa shape index (κ1) is 20.6. The van der Waals surface area contributed by atoms with Gasteiger partial charge < -0.3 is 9.15 Å². The van der Waals surface area contributed by atoms with E-state index in [2.05, 4.69) is 21.2 Å². The minimum Gasteiger partial charge on any atom is -0.488 e. The minimum absolute atomic E-state index is 0.0794. The summed E-state index contributed by atoms with van der Waals surface area (Å²) in [6.07, 6.45) is 2.87. The molecule has 1 aliphatic heterocycles. The van der Waals surface area contributed by atoms with Crippen molar-refractivity contribution in [2.24, 2.45) is 0 Å². The summed E-state index contributed by atoms with van der Waals surface area (Å²) in [5.74, 6) is -0.523. The first-order valence-corrected chi connectivity index (χ1v) is 10.2. The zero-order chi connectivity index (χ0) is 21.8. The number of carbonyl (C=O) groups excluding carboxylic acids is 3. The smallest absolute Gasteiger partial charge is 0.331 e. The van der Waals surface area contributed by atoms with Gasteiger partial charge in [0, 0.05) is 10.0 Å². The molecule has 1 aromatic heterocycles. The van der Waals surface area contributed by atoms with Crippen molar-refractivity contribution in [1.82, 2.24) is 10.2 Å². The molecule has 8 heteroatoms. The van der Waals surface area contributed by atoms with Crippen LogP contribution in [0.2, 0.25) is 0 Å². The molecule has 4 rings (SSSR count). The molecule has 1 fully saturated rings. The maximum atomic E-state index is 12.9. The van der Waals surface area contributed by atoms with Gasteiger partial charge in [0.15, 0.2) is 0 Å². The molecule has 2 aromatic carbocycles.